The summed E-state index contributed by atoms with van der Waals surface area (Å²) in [5.41, 5.74) is 0. The molecule has 84 valence electrons. The molecule has 0 aromatic carbocycles. The molecule has 0 bridgehead atoms. The van der Waals surface area contributed by atoms with Crippen LogP contribution in [0.3, 0.4) is 0 Å². The molecule has 0 atom stereocenters. The summed E-state index contributed by atoms with van der Waals surface area (Å²) in [5.74, 6) is 0.194. The molecular weight excluding hydrogens is 178 g/mol. The van der Waals surface area contributed by atoms with E-state index in [1.807, 2.05) is 28.1 Å². The molecule has 0 saturated carbocycles. The summed E-state index contributed by atoms with van der Waals surface area (Å²) in [6, 6.07) is 0. The average Bonchev–Trinajstić information content (AvgIpc) is 2.16. The van der Waals surface area contributed by atoms with Crippen LogP contribution < -0.4 is 5.32 Å². The summed E-state index contributed by atoms with van der Waals surface area (Å²) >= 11 is 0. The van der Waals surface area contributed by atoms with E-state index in [2.05, 4.69) is 10.2 Å². The Bertz CT molecular complexity index is 161. The van der Waals surface area contributed by atoms with Crippen molar-refractivity contribution in [2.75, 3.05) is 47.3 Å². The Morgan fingerprint density at radius 2 is 2.00 bits per heavy atom. The Kier molecular flexibility index (Phi) is 7.42. The van der Waals surface area contributed by atoms with Gasteiger partial charge in [0.1, 0.15) is 0 Å². The lowest BCUT2D eigenvalue weighted by molar-refractivity contribution is -0.130. The van der Waals surface area contributed by atoms with E-state index in [4.69, 9.17) is 0 Å². The summed E-state index contributed by atoms with van der Waals surface area (Å²) in [4.78, 5) is 15.3. The van der Waals surface area contributed by atoms with E-state index < -0.39 is 0 Å². The van der Waals surface area contributed by atoms with Crippen molar-refractivity contribution in [3.8, 4) is 0 Å². The Morgan fingerprint density at radius 1 is 1.36 bits per heavy atom. The van der Waals surface area contributed by atoms with Gasteiger partial charge >= 0.3 is 0 Å². The smallest absolute Gasteiger partial charge is 0.236 e. The van der Waals surface area contributed by atoms with Gasteiger partial charge in [-0.25, -0.2) is 0 Å². The van der Waals surface area contributed by atoms with Crippen LogP contribution in [-0.4, -0.2) is 63.0 Å². The minimum atomic E-state index is 0.194. The molecule has 0 aliphatic carbocycles. The van der Waals surface area contributed by atoms with E-state index >= 15 is 0 Å². The van der Waals surface area contributed by atoms with Crippen LogP contribution in [0.5, 0.6) is 0 Å². The van der Waals surface area contributed by atoms with Gasteiger partial charge in [0.15, 0.2) is 0 Å². The Labute approximate surface area is 87.3 Å². The first-order valence-electron chi connectivity index (χ1n) is 5.19. The van der Waals surface area contributed by atoms with E-state index in [1.54, 1.807) is 4.90 Å². The molecule has 0 saturated heterocycles. The number of rotatable bonds is 7. The molecule has 1 amide bonds. The molecule has 0 fully saturated rings. The molecule has 0 aliphatic rings. The van der Waals surface area contributed by atoms with Crippen molar-refractivity contribution in [2.24, 2.45) is 0 Å². The van der Waals surface area contributed by atoms with Crippen molar-refractivity contribution < 1.29 is 4.79 Å². The van der Waals surface area contributed by atoms with Crippen LogP contribution in [0.4, 0.5) is 0 Å². The van der Waals surface area contributed by atoms with Crippen LogP contribution >= 0.6 is 0 Å². The van der Waals surface area contributed by atoms with Crippen LogP contribution in [0.2, 0.25) is 0 Å². The lowest BCUT2D eigenvalue weighted by atomic mass is 10.3. The molecule has 4 nitrogen and oxygen atoms in total. The molecule has 0 heterocycles. The molecule has 0 unspecified atom stereocenters. The maximum absolute atomic E-state index is 11.5. The summed E-state index contributed by atoms with van der Waals surface area (Å²) < 4.78 is 0. The van der Waals surface area contributed by atoms with Crippen LogP contribution in [0.25, 0.3) is 0 Å². The fourth-order valence-electron chi connectivity index (χ4n) is 1.13. The maximum atomic E-state index is 11.5. The first-order valence-corrected chi connectivity index (χ1v) is 5.19. The fraction of sp³-hybridized carbons (Fsp3) is 0.900. The molecule has 4 heteroatoms. The number of hydrogen-bond acceptors (Lipinski definition) is 3. The Balaban J connectivity index is 3.60. The quantitative estimate of drug-likeness (QED) is 0.589. The van der Waals surface area contributed by atoms with Crippen molar-refractivity contribution in [3.05, 3.63) is 0 Å². The molecular formula is C10H23N3O. The summed E-state index contributed by atoms with van der Waals surface area (Å²) in [6.07, 6.45) is 1.08. The predicted octanol–water partition coefficient (Wildman–Crippen LogP) is 0.00600. The van der Waals surface area contributed by atoms with Gasteiger partial charge in [-0.2, -0.15) is 0 Å². The van der Waals surface area contributed by atoms with Crippen LogP contribution in [-0.2, 0) is 4.79 Å². The van der Waals surface area contributed by atoms with Gasteiger partial charge in [0.25, 0.3) is 0 Å². The molecule has 0 radical (unpaired) electrons. The minimum absolute atomic E-state index is 0.194. The van der Waals surface area contributed by atoms with Gasteiger partial charge in [0.05, 0.1) is 6.54 Å². The van der Waals surface area contributed by atoms with E-state index in [-0.39, 0.29) is 5.91 Å². The van der Waals surface area contributed by atoms with E-state index in [0.717, 1.165) is 26.1 Å². The number of nitrogens with zero attached hydrogens (tertiary/aromatic N) is 2. The van der Waals surface area contributed by atoms with E-state index in [0.29, 0.717) is 6.54 Å². The predicted molar refractivity (Wildman–Crippen MR) is 59.4 cm³/mol. The van der Waals surface area contributed by atoms with Gasteiger partial charge in [-0.05, 0) is 40.5 Å². The fourth-order valence-corrected chi connectivity index (χ4v) is 1.13. The third-order valence-corrected chi connectivity index (χ3v) is 2.27. The normalized spacial score (nSPS) is 10.6. The van der Waals surface area contributed by atoms with Gasteiger partial charge in [-0.1, -0.05) is 0 Å². The zero-order valence-electron chi connectivity index (χ0n) is 9.84. The monoisotopic (exact) mass is 201 g/mol. The van der Waals surface area contributed by atoms with Gasteiger partial charge in [-0.15, -0.1) is 0 Å². The number of likely N-dealkylation sites (N-methyl/N-ethyl adjacent to an activating group) is 2. The second-order valence-electron chi connectivity index (χ2n) is 3.60. The zero-order chi connectivity index (χ0) is 11.0. The third-order valence-electron chi connectivity index (χ3n) is 2.27. The van der Waals surface area contributed by atoms with Crippen molar-refractivity contribution in [3.63, 3.8) is 0 Å². The second-order valence-corrected chi connectivity index (χ2v) is 3.60. The van der Waals surface area contributed by atoms with Crippen LogP contribution in [0.1, 0.15) is 13.3 Å². The zero-order valence-corrected chi connectivity index (χ0v) is 9.84. The van der Waals surface area contributed by atoms with Crippen LogP contribution in [0.15, 0.2) is 0 Å². The first kappa shape index (κ1) is 13.4. The molecule has 0 spiro atoms. The standard InChI is InChI=1S/C10H23N3O/c1-5-13(4)10(14)9-12(3)8-6-7-11-2/h11H,5-9H2,1-4H3. The van der Waals surface area contributed by atoms with E-state index in [1.165, 1.54) is 0 Å². The highest BCUT2D eigenvalue weighted by Crippen LogP contribution is 1.90. The van der Waals surface area contributed by atoms with E-state index in [9.17, 15) is 4.79 Å². The lowest BCUT2D eigenvalue weighted by Gasteiger charge is -2.20. The number of nitrogens with one attached hydrogen (secondary N) is 1. The molecule has 0 aromatic rings. The summed E-state index contributed by atoms with van der Waals surface area (Å²) in [5, 5.41) is 3.09. The largest absolute Gasteiger partial charge is 0.345 e. The number of hydrogen-bond donors (Lipinski definition) is 1. The highest BCUT2D eigenvalue weighted by molar-refractivity contribution is 5.77. The topological polar surface area (TPSA) is 35.6 Å². The van der Waals surface area contributed by atoms with Crippen molar-refractivity contribution in [1.82, 2.24) is 15.1 Å². The van der Waals surface area contributed by atoms with Crippen molar-refractivity contribution in [2.45, 2.75) is 13.3 Å². The Morgan fingerprint density at radius 3 is 2.50 bits per heavy atom. The number of carbonyl (C=O) groups is 1. The average molecular weight is 201 g/mol. The molecule has 0 aromatic heterocycles. The molecule has 1 N–H and O–H groups in total. The van der Waals surface area contributed by atoms with Gasteiger partial charge in [-0.3, -0.25) is 9.69 Å². The lowest BCUT2D eigenvalue weighted by Crippen LogP contribution is -2.37. The molecule has 0 aliphatic heterocycles. The van der Waals surface area contributed by atoms with Crippen molar-refractivity contribution in [1.29, 1.82) is 0 Å². The highest BCUT2D eigenvalue weighted by Gasteiger charge is 2.09. The van der Waals surface area contributed by atoms with Crippen molar-refractivity contribution >= 4 is 5.91 Å². The molecule has 0 rings (SSSR count). The van der Waals surface area contributed by atoms with Gasteiger partial charge in [0.2, 0.25) is 5.91 Å². The van der Waals surface area contributed by atoms with Gasteiger partial charge < -0.3 is 10.2 Å². The summed E-state index contributed by atoms with van der Waals surface area (Å²) in [7, 11) is 5.76. The second kappa shape index (κ2) is 7.76. The highest BCUT2D eigenvalue weighted by atomic mass is 16.2. The number of carbonyl (C=O) groups excluding carboxylic acids is 1. The minimum Gasteiger partial charge on any atom is -0.345 e. The molecule has 14 heavy (non-hydrogen) atoms. The van der Waals surface area contributed by atoms with Crippen LogP contribution in [0, 0.1) is 0 Å². The maximum Gasteiger partial charge on any atom is 0.236 e. The van der Waals surface area contributed by atoms with Gasteiger partial charge in [0, 0.05) is 13.6 Å². The first-order chi connectivity index (χ1) is 6.61. The summed E-state index contributed by atoms with van der Waals surface area (Å²) in [6.45, 7) is 5.25. The number of amides is 1. The Hall–Kier alpha value is -0.610. The third kappa shape index (κ3) is 5.94. The SMILES string of the molecule is CCN(C)C(=O)CN(C)CCCNC.